The Morgan fingerprint density at radius 3 is 2.69 bits per heavy atom. The molecule has 0 aromatic heterocycles. The fourth-order valence-electron chi connectivity index (χ4n) is 4.68. The lowest BCUT2D eigenvalue weighted by atomic mass is 9.76. The number of nitrogens with zero attached hydrogens (tertiary/aromatic N) is 1. The summed E-state index contributed by atoms with van der Waals surface area (Å²) in [5, 5.41) is 0.808. The number of hydrogen-bond donors (Lipinski definition) is 0. The Morgan fingerprint density at radius 1 is 1.16 bits per heavy atom. The number of ether oxygens (including phenoxy) is 3. The van der Waals surface area contributed by atoms with Crippen molar-refractivity contribution in [3.05, 3.63) is 64.7 Å². The summed E-state index contributed by atoms with van der Waals surface area (Å²) in [5.74, 6) is 1.80. The van der Waals surface area contributed by atoms with Gasteiger partial charge in [-0.1, -0.05) is 55.8 Å². The maximum Gasteiger partial charge on any atom is 0.260 e. The second-order valence-corrected chi connectivity index (χ2v) is 9.38. The van der Waals surface area contributed by atoms with E-state index in [0.29, 0.717) is 50.5 Å². The highest BCUT2D eigenvalue weighted by Crippen LogP contribution is 2.45. The standard InChI is InChI=1S/C26H32ClNO4/c1-18(2)23-15-20(22-8-3-4-9-24(22)27)16-32-26(23)19-6-5-7-21(14-19)31-17-25(29)28-10-12-30-13-11-28/h3-9,14,18,20,23,26H,10-13,15-17H2,1-2H3/t20-,23-,26-/m0/s1. The number of carbonyl (C=O) groups excluding carboxylic acids is 1. The van der Waals surface area contributed by atoms with E-state index in [1.165, 1.54) is 0 Å². The zero-order valence-electron chi connectivity index (χ0n) is 18.8. The summed E-state index contributed by atoms with van der Waals surface area (Å²) in [6.45, 7) is 7.60. The molecule has 2 aliphatic heterocycles. The zero-order chi connectivity index (χ0) is 22.5. The first-order valence-corrected chi connectivity index (χ1v) is 11.8. The summed E-state index contributed by atoms with van der Waals surface area (Å²) in [5.41, 5.74) is 2.26. The van der Waals surface area contributed by atoms with Gasteiger partial charge in [-0.2, -0.15) is 0 Å². The van der Waals surface area contributed by atoms with Crippen molar-refractivity contribution >= 4 is 17.5 Å². The van der Waals surface area contributed by atoms with Gasteiger partial charge in [0.2, 0.25) is 0 Å². The fraction of sp³-hybridized carbons (Fsp3) is 0.500. The van der Waals surface area contributed by atoms with E-state index in [-0.39, 0.29) is 24.5 Å². The average molecular weight is 458 g/mol. The van der Waals surface area contributed by atoms with Gasteiger partial charge in [-0.25, -0.2) is 0 Å². The maximum absolute atomic E-state index is 12.4. The topological polar surface area (TPSA) is 48.0 Å². The van der Waals surface area contributed by atoms with Gasteiger partial charge < -0.3 is 19.1 Å². The second-order valence-electron chi connectivity index (χ2n) is 8.97. The van der Waals surface area contributed by atoms with Crippen LogP contribution >= 0.6 is 11.6 Å². The molecule has 0 saturated carbocycles. The van der Waals surface area contributed by atoms with E-state index in [4.69, 9.17) is 25.8 Å². The minimum absolute atomic E-state index is 0.00439. The molecular weight excluding hydrogens is 426 g/mol. The molecule has 0 radical (unpaired) electrons. The molecule has 0 N–H and O–H groups in total. The lowest BCUT2D eigenvalue weighted by Crippen LogP contribution is -2.42. The molecule has 2 aromatic rings. The van der Waals surface area contributed by atoms with Gasteiger partial charge in [-0.15, -0.1) is 0 Å². The Bertz CT molecular complexity index is 912. The van der Waals surface area contributed by atoms with Crippen LogP contribution in [-0.2, 0) is 14.3 Å². The first kappa shape index (κ1) is 23.1. The van der Waals surface area contributed by atoms with Gasteiger partial charge in [0.05, 0.1) is 25.9 Å². The van der Waals surface area contributed by atoms with Gasteiger partial charge in [-0.3, -0.25) is 4.79 Å². The van der Waals surface area contributed by atoms with Crippen LogP contribution in [0.15, 0.2) is 48.5 Å². The van der Waals surface area contributed by atoms with Gasteiger partial charge in [0, 0.05) is 24.0 Å². The van der Waals surface area contributed by atoms with Crippen LogP contribution in [-0.4, -0.2) is 50.3 Å². The van der Waals surface area contributed by atoms with Crippen LogP contribution in [0.1, 0.15) is 43.4 Å². The molecule has 3 atom stereocenters. The van der Waals surface area contributed by atoms with Crippen molar-refractivity contribution in [1.82, 2.24) is 4.90 Å². The number of morpholine rings is 1. The molecule has 2 aromatic carbocycles. The van der Waals surface area contributed by atoms with Crippen LogP contribution < -0.4 is 4.74 Å². The predicted molar refractivity (Wildman–Crippen MR) is 125 cm³/mol. The summed E-state index contributed by atoms with van der Waals surface area (Å²) in [6, 6.07) is 16.0. The Balaban J connectivity index is 1.43. The third-order valence-corrected chi connectivity index (χ3v) is 6.88. The molecule has 2 fully saturated rings. The van der Waals surface area contributed by atoms with Crippen LogP contribution in [0.4, 0.5) is 0 Å². The quantitative estimate of drug-likeness (QED) is 0.605. The van der Waals surface area contributed by atoms with E-state index in [9.17, 15) is 4.79 Å². The Kier molecular flexibility index (Phi) is 7.71. The van der Waals surface area contributed by atoms with Gasteiger partial charge in [0.25, 0.3) is 5.91 Å². The molecule has 5 nitrogen and oxygen atoms in total. The highest BCUT2D eigenvalue weighted by molar-refractivity contribution is 6.31. The molecule has 32 heavy (non-hydrogen) atoms. The van der Waals surface area contributed by atoms with Crippen molar-refractivity contribution in [1.29, 1.82) is 0 Å². The summed E-state index contributed by atoms with van der Waals surface area (Å²) in [7, 11) is 0. The third kappa shape index (κ3) is 5.45. The van der Waals surface area contributed by atoms with E-state index in [1.54, 1.807) is 4.90 Å². The van der Waals surface area contributed by atoms with Crippen molar-refractivity contribution in [3.8, 4) is 5.75 Å². The maximum atomic E-state index is 12.4. The first-order valence-electron chi connectivity index (χ1n) is 11.5. The van der Waals surface area contributed by atoms with E-state index < -0.39 is 0 Å². The van der Waals surface area contributed by atoms with Gasteiger partial charge in [0.1, 0.15) is 5.75 Å². The molecule has 0 aliphatic carbocycles. The van der Waals surface area contributed by atoms with Crippen LogP contribution in [0, 0.1) is 11.8 Å². The first-order chi connectivity index (χ1) is 15.5. The molecule has 2 heterocycles. The number of hydrogen-bond acceptors (Lipinski definition) is 4. The van der Waals surface area contributed by atoms with Crippen molar-refractivity contribution in [2.75, 3.05) is 39.5 Å². The van der Waals surface area contributed by atoms with E-state index in [0.717, 1.165) is 22.6 Å². The van der Waals surface area contributed by atoms with Gasteiger partial charge >= 0.3 is 0 Å². The van der Waals surface area contributed by atoms with Crippen LogP contribution in [0.25, 0.3) is 0 Å². The fourth-order valence-corrected chi connectivity index (χ4v) is 4.97. The van der Waals surface area contributed by atoms with Crippen LogP contribution in [0.5, 0.6) is 5.75 Å². The SMILES string of the molecule is CC(C)[C@@H]1C[C@H](c2ccccc2Cl)CO[C@H]1c1cccc(OCC(=O)N2CCOCC2)c1. The highest BCUT2D eigenvalue weighted by Gasteiger charge is 2.35. The van der Waals surface area contributed by atoms with Gasteiger partial charge in [0.15, 0.2) is 6.61 Å². The molecule has 1 amide bonds. The van der Waals surface area contributed by atoms with E-state index in [2.05, 4.69) is 26.0 Å². The summed E-state index contributed by atoms with van der Waals surface area (Å²) in [4.78, 5) is 14.2. The van der Waals surface area contributed by atoms with Crippen LogP contribution in [0.3, 0.4) is 0 Å². The molecule has 4 rings (SSSR count). The summed E-state index contributed by atoms with van der Waals surface area (Å²) >= 11 is 6.47. The molecular formula is C26H32ClNO4. The second kappa shape index (κ2) is 10.7. The number of rotatable bonds is 6. The van der Waals surface area contributed by atoms with Crippen molar-refractivity contribution in [2.24, 2.45) is 11.8 Å². The minimum atomic E-state index is -0.00719. The molecule has 2 aliphatic rings. The van der Waals surface area contributed by atoms with Crippen molar-refractivity contribution in [3.63, 3.8) is 0 Å². The van der Waals surface area contributed by atoms with Crippen molar-refractivity contribution in [2.45, 2.75) is 32.3 Å². The van der Waals surface area contributed by atoms with E-state index in [1.807, 2.05) is 36.4 Å². The van der Waals surface area contributed by atoms with Gasteiger partial charge in [-0.05, 0) is 47.6 Å². The molecule has 0 unspecified atom stereocenters. The average Bonchev–Trinajstić information content (AvgIpc) is 2.83. The number of benzene rings is 2. The van der Waals surface area contributed by atoms with Crippen LogP contribution in [0.2, 0.25) is 5.02 Å². The third-order valence-electron chi connectivity index (χ3n) is 6.54. The Labute approximate surface area is 195 Å². The molecule has 6 heteroatoms. The molecule has 0 bridgehead atoms. The number of halogens is 1. The minimum Gasteiger partial charge on any atom is -0.484 e. The lowest BCUT2D eigenvalue weighted by molar-refractivity contribution is -0.137. The highest BCUT2D eigenvalue weighted by atomic mass is 35.5. The Morgan fingerprint density at radius 2 is 1.94 bits per heavy atom. The smallest absolute Gasteiger partial charge is 0.260 e. The largest absolute Gasteiger partial charge is 0.484 e. The lowest BCUT2D eigenvalue weighted by Gasteiger charge is -2.39. The molecule has 0 spiro atoms. The zero-order valence-corrected chi connectivity index (χ0v) is 19.6. The molecule has 172 valence electrons. The normalized spacial score (nSPS) is 23.9. The number of carbonyl (C=O) groups is 1. The number of amides is 1. The monoisotopic (exact) mass is 457 g/mol. The molecule has 2 saturated heterocycles. The predicted octanol–water partition coefficient (Wildman–Crippen LogP) is 5.10. The Hall–Kier alpha value is -2.08. The van der Waals surface area contributed by atoms with Crippen molar-refractivity contribution < 1.29 is 19.0 Å². The van der Waals surface area contributed by atoms with E-state index >= 15 is 0 Å². The summed E-state index contributed by atoms with van der Waals surface area (Å²) < 4.78 is 17.6. The summed E-state index contributed by atoms with van der Waals surface area (Å²) in [6.07, 6.45) is 1.01.